The Kier molecular flexibility index (Phi) is 3.39. The zero-order valence-electron chi connectivity index (χ0n) is 9.64. The van der Waals surface area contributed by atoms with Gasteiger partial charge in [-0.05, 0) is 42.9 Å². The molecule has 78 valence electrons. The van der Waals surface area contributed by atoms with Crippen molar-refractivity contribution >= 4 is 0 Å². The number of rotatable bonds is 2. The summed E-state index contributed by atoms with van der Waals surface area (Å²) in [6.45, 7) is 9.35. The van der Waals surface area contributed by atoms with Crippen molar-refractivity contribution in [3.8, 4) is 0 Å². The van der Waals surface area contributed by atoms with Crippen LogP contribution in [0.1, 0.15) is 53.4 Å². The molecule has 1 saturated carbocycles. The standard InChI is InChI=1S/C12H25N/c1-5-11(13)10-6-7-12(3,4)8-9(10)2/h9-11H,5-8,13H2,1-4H3. The topological polar surface area (TPSA) is 26.0 Å². The van der Waals surface area contributed by atoms with Crippen molar-refractivity contribution < 1.29 is 0 Å². The average Bonchev–Trinajstić information content (AvgIpc) is 2.01. The summed E-state index contributed by atoms with van der Waals surface area (Å²) in [5.41, 5.74) is 6.69. The molecule has 3 atom stereocenters. The molecule has 0 aromatic carbocycles. The van der Waals surface area contributed by atoms with Gasteiger partial charge in [-0.1, -0.05) is 27.7 Å². The van der Waals surface area contributed by atoms with Crippen LogP contribution in [0.5, 0.6) is 0 Å². The van der Waals surface area contributed by atoms with Crippen molar-refractivity contribution in [2.45, 2.75) is 59.4 Å². The second-order valence-electron chi connectivity index (χ2n) is 5.62. The van der Waals surface area contributed by atoms with Crippen LogP contribution < -0.4 is 5.73 Å². The van der Waals surface area contributed by atoms with Gasteiger partial charge in [0.2, 0.25) is 0 Å². The number of nitrogens with two attached hydrogens (primary N) is 1. The van der Waals surface area contributed by atoms with E-state index < -0.39 is 0 Å². The summed E-state index contributed by atoms with van der Waals surface area (Å²) >= 11 is 0. The van der Waals surface area contributed by atoms with Crippen LogP contribution in [0.4, 0.5) is 0 Å². The van der Waals surface area contributed by atoms with Gasteiger partial charge in [0.05, 0.1) is 0 Å². The molecule has 0 aromatic heterocycles. The minimum absolute atomic E-state index is 0.436. The molecule has 1 aliphatic rings. The van der Waals surface area contributed by atoms with Crippen LogP contribution >= 0.6 is 0 Å². The summed E-state index contributed by atoms with van der Waals surface area (Å²) < 4.78 is 0. The maximum atomic E-state index is 6.13. The zero-order chi connectivity index (χ0) is 10.1. The number of hydrogen-bond acceptors (Lipinski definition) is 1. The van der Waals surface area contributed by atoms with Crippen LogP contribution in [-0.2, 0) is 0 Å². The van der Waals surface area contributed by atoms with E-state index in [2.05, 4.69) is 27.7 Å². The third-order valence-electron chi connectivity index (χ3n) is 3.78. The van der Waals surface area contributed by atoms with Crippen molar-refractivity contribution in [1.82, 2.24) is 0 Å². The van der Waals surface area contributed by atoms with Gasteiger partial charge >= 0.3 is 0 Å². The Balaban J connectivity index is 2.53. The van der Waals surface area contributed by atoms with Gasteiger partial charge in [0.25, 0.3) is 0 Å². The lowest BCUT2D eigenvalue weighted by Crippen LogP contribution is -2.39. The van der Waals surface area contributed by atoms with Crippen LogP contribution in [0.2, 0.25) is 0 Å². The minimum Gasteiger partial charge on any atom is -0.327 e. The summed E-state index contributed by atoms with van der Waals surface area (Å²) in [4.78, 5) is 0. The molecule has 0 amide bonds. The Morgan fingerprint density at radius 1 is 1.46 bits per heavy atom. The van der Waals surface area contributed by atoms with Gasteiger partial charge in [-0.2, -0.15) is 0 Å². The van der Waals surface area contributed by atoms with E-state index >= 15 is 0 Å². The van der Waals surface area contributed by atoms with Crippen LogP contribution in [0.25, 0.3) is 0 Å². The van der Waals surface area contributed by atoms with E-state index in [1.807, 2.05) is 0 Å². The minimum atomic E-state index is 0.436. The molecule has 0 heterocycles. The molecule has 1 fully saturated rings. The van der Waals surface area contributed by atoms with E-state index in [0.717, 1.165) is 18.3 Å². The highest BCUT2D eigenvalue weighted by atomic mass is 14.7. The normalized spacial score (nSPS) is 35.8. The Labute approximate surface area is 83.1 Å². The smallest absolute Gasteiger partial charge is 0.00670 e. The summed E-state index contributed by atoms with van der Waals surface area (Å²) in [5.74, 6) is 1.59. The third kappa shape index (κ3) is 2.70. The van der Waals surface area contributed by atoms with Crippen LogP contribution in [0.3, 0.4) is 0 Å². The first-order valence-electron chi connectivity index (χ1n) is 5.72. The lowest BCUT2D eigenvalue weighted by Gasteiger charge is -2.41. The molecule has 0 spiro atoms. The van der Waals surface area contributed by atoms with Crippen LogP contribution in [0, 0.1) is 17.3 Å². The van der Waals surface area contributed by atoms with E-state index in [1.165, 1.54) is 19.3 Å². The van der Waals surface area contributed by atoms with E-state index in [-0.39, 0.29) is 0 Å². The van der Waals surface area contributed by atoms with E-state index in [4.69, 9.17) is 5.73 Å². The zero-order valence-corrected chi connectivity index (χ0v) is 9.64. The molecule has 13 heavy (non-hydrogen) atoms. The highest BCUT2D eigenvalue weighted by Gasteiger charge is 2.34. The van der Waals surface area contributed by atoms with E-state index in [1.54, 1.807) is 0 Å². The Morgan fingerprint density at radius 3 is 2.54 bits per heavy atom. The summed E-state index contributed by atoms with van der Waals surface area (Å²) in [6, 6.07) is 0.436. The molecule has 0 saturated heterocycles. The quantitative estimate of drug-likeness (QED) is 0.699. The highest BCUT2D eigenvalue weighted by molar-refractivity contribution is 4.87. The molecule has 1 aliphatic carbocycles. The molecule has 0 radical (unpaired) electrons. The molecule has 0 aliphatic heterocycles. The average molecular weight is 183 g/mol. The Hall–Kier alpha value is -0.0400. The first kappa shape index (κ1) is 11.0. The molecule has 1 heteroatoms. The highest BCUT2D eigenvalue weighted by Crippen LogP contribution is 2.42. The molecule has 2 N–H and O–H groups in total. The molecule has 1 rings (SSSR count). The lowest BCUT2D eigenvalue weighted by atomic mass is 9.65. The van der Waals surface area contributed by atoms with Crippen molar-refractivity contribution in [3.05, 3.63) is 0 Å². The molecular weight excluding hydrogens is 158 g/mol. The van der Waals surface area contributed by atoms with Gasteiger partial charge in [-0.3, -0.25) is 0 Å². The fourth-order valence-corrected chi connectivity index (χ4v) is 2.91. The summed E-state index contributed by atoms with van der Waals surface area (Å²) in [6.07, 6.45) is 5.18. The molecule has 0 bridgehead atoms. The summed E-state index contributed by atoms with van der Waals surface area (Å²) in [5, 5.41) is 0. The second kappa shape index (κ2) is 4.00. The van der Waals surface area contributed by atoms with Gasteiger partial charge in [0.1, 0.15) is 0 Å². The van der Waals surface area contributed by atoms with Crippen LogP contribution in [-0.4, -0.2) is 6.04 Å². The van der Waals surface area contributed by atoms with Crippen molar-refractivity contribution in [2.24, 2.45) is 23.0 Å². The molecular formula is C12H25N. The predicted molar refractivity (Wildman–Crippen MR) is 58.6 cm³/mol. The first-order valence-corrected chi connectivity index (χ1v) is 5.72. The monoisotopic (exact) mass is 183 g/mol. The largest absolute Gasteiger partial charge is 0.327 e. The molecule has 0 aromatic rings. The second-order valence-corrected chi connectivity index (χ2v) is 5.62. The summed E-state index contributed by atoms with van der Waals surface area (Å²) in [7, 11) is 0. The third-order valence-corrected chi connectivity index (χ3v) is 3.78. The van der Waals surface area contributed by atoms with Gasteiger partial charge in [-0.15, -0.1) is 0 Å². The molecule has 1 nitrogen and oxygen atoms in total. The first-order chi connectivity index (χ1) is 5.96. The van der Waals surface area contributed by atoms with Gasteiger partial charge in [0.15, 0.2) is 0 Å². The SMILES string of the molecule is CCC(N)C1CCC(C)(C)CC1C. The fraction of sp³-hybridized carbons (Fsp3) is 1.00. The predicted octanol–water partition coefficient (Wildman–Crippen LogP) is 3.19. The van der Waals surface area contributed by atoms with Gasteiger partial charge in [0, 0.05) is 6.04 Å². The van der Waals surface area contributed by atoms with Gasteiger partial charge in [-0.25, -0.2) is 0 Å². The maximum absolute atomic E-state index is 6.13. The van der Waals surface area contributed by atoms with E-state index in [0.29, 0.717) is 11.5 Å². The van der Waals surface area contributed by atoms with Crippen molar-refractivity contribution in [3.63, 3.8) is 0 Å². The Morgan fingerprint density at radius 2 is 2.08 bits per heavy atom. The Bertz CT molecular complexity index is 163. The van der Waals surface area contributed by atoms with Crippen molar-refractivity contribution in [1.29, 1.82) is 0 Å². The van der Waals surface area contributed by atoms with Crippen molar-refractivity contribution in [2.75, 3.05) is 0 Å². The van der Waals surface area contributed by atoms with E-state index in [9.17, 15) is 0 Å². The molecule has 3 unspecified atom stereocenters. The lowest BCUT2D eigenvalue weighted by molar-refractivity contribution is 0.111. The number of hydrogen-bond donors (Lipinski definition) is 1. The van der Waals surface area contributed by atoms with Gasteiger partial charge < -0.3 is 5.73 Å². The fourth-order valence-electron chi connectivity index (χ4n) is 2.91. The maximum Gasteiger partial charge on any atom is 0.00670 e. The van der Waals surface area contributed by atoms with Crippen LogP contribution in [0.15, 0.2) is 0 Å².